The van der Waals surface area contributed by atoms with Gasteiger partial charge >= 0.3 is 5.97 Å². The second kappa shape index (κ2) is 12.8. The van der Waals surface area contributed by atoms with Gasteiger partial charge in [0.25, 0.3) is 0 Å². The zero-order chi connectivity index (χ0) is 23.7. The van der Waals surface area contributed by atoms with E-state index < -0.39 is 29.7 Å². The number of aromatic nitrogens is 1. The summed E-state index contributed by atoms with van der Waals surface area (Å²) < 4.78 is 27.6. The molecular weight excluding hydrogens is 540 g/mol. The van der Waals surface area contributed by atoms with Gasteiger partial charge in [0.2, 0.25) is 5.91 Å². The van der Waals surface area contributed by atoms with Crippen LogP contribution >= 0.6 is 31.9 Å². The fourth-order valence-electron chi connectivity index (χ4n) is 2.71. The molecule has 1 aromatic heterocycles. The minimum Gasteiger partial charge on any atom is -0.480 e. The van der Waals surface area contributed by atoms with Gasteiger partial charge in [-0.15, -0.1) is 0 Å². The van der Waals surface area contributed by atoms with Gasteiger partial charge in [-0.1, -0.05) is 13.8 Å². The molecule has 0 fully saturated rings. The Balaban J connectivity index is 0.000000348. The Hall–Kier alpha value is -1.91. The van der Waals surface area contributed by atoms with Gasteiger partial charge in [0.15, 0.2) is 0 Å². The number of amides is 1. The lowest BCUT2D eigenvalue weighted by Gasteiger charge is -2.14. The second-order valence-corrected chi connectivity index (χ2v) is 8.98. The molecule has 0 spiro atoms. The minimum absolute atomic E-state index is 0.262. The van der Waals surface area contributed by atoms with Crippen molar-refractivity contribution in [2.45, 2.75) is 45.7 Å². The van der Waals surface area contributed by atoms with Crippen molar-refractivity contribution in [1.29, 1.82) is 0 Å². The monoisotopic (exact) mass is 563 g/mol. The Morgan fingerprint density at radius 3 is 2.23 bits per heavy atom. The third-order valence-corrected chi connectivity index (χ3v) is 5.06. The van der Waals surface area contributed by atoms with E-state index in [1.807, 2.05) is 19.9 Å². The number of nitrogens with zero attached hydrogens (tertiary/aromatic N) is 1. The highest BCUT2D eigenvalue weighted by molar-refractivity contribution is 9.11. The molecule has 6 nitrogen and oxygen atoms in total. The number of benzene rings is 1. The molecule has 0 aliphatic carbocycles. The SMILES string of the molecule is CC(=O)N[C@H](CC(C)C)C(=O)O.NC(Cc1cc(F)cc(F)c1)c1nc(Br)ccc1Br. The van der Waals surface area contributed by atoms with Gasteiger partial charge in [-0.25, -0.2) is 18.6 Å². The van der Waals surface area contributed by atoms with Gasteiger partial charge in [-0.3, -0.25) is 4.79 Å². The van der Waals surface area contributed by atoms with Crippen molar-refractivity contribution < 1.29 is 23.5 Å². The molecule has 0 radical (unpaired) electrons. The predicted molar refractivity (Wildman–Crippen MR) is 121 cm³/mol. The zero-order valence-electron chi connectivity index (χ0n) is 17.3. The smallest absolute Gasteiger partial charge is 0.326 e. The Kier molecular flexibility index (Phi) is 11.2. The van der Waals surface area contributed by atoms with E-state index in [4.69, 9.17) is 10.8 Å². The number of carboxylic acid groups (broad SMARTS) is 1. The molecule has 0 saturated carbocycles. The van der Waals surface area contributed by atoms with Gasteiger partial charge in [0.1, 0.15) is 22.3 Å². The van der Waals surface area contributed by atoms with Crippen molar-refractivity contribution in [3.8, 4) is 0 Å². The molecule has 1 heterocycles. The van der Waals surface area contributed by atoms with Crippen molar-refractivity contribution in [1.82, 2.24) is 10.3 Å². The van der Waals surface area contributed by atoms with Gasteiger partial charge in [-0.2, -0.15) is 0 Å². The molecule has 1 aromatic carbocycles. The number of hydrogen-bond donors (Lipinski definition) is 3. The fourth-order valence-corrected chi connectivity index (χ4v) is 3.55. The number of pyridine rings is 1. The van der Waals surface area contributed by atoms with Crippen molar-refractivity contribution in [2.24, 2.45) is 11.7 Å². The van der Waals surface area contributed by atoms with Crippen LogP contribution in [-0.4, -0.2) is 28.0 Å². The molecule has 2 aromatic rings. The van der Waals surface area contributed by atoms with E-state index in [2.05, 4.69) is 42.2 Å². The van der Waals surface area contributed by atoms with E-state index in [9.17, 15) is 18.4 Å². The topological polar surface area (TPSA) is 105 Å². The number of nitrogens with one attached hydrogen (secondary N) is 1. The molecule has 1 amide bonds. The third kappa shape index (κ3) is 10.3. The van der Waals surface area contributed by atoms with Crippen LogP contribution in [0.1, 0.15) is 44.5 Å². The summed E-state index contributed by atoms with van der Waals surface area (Å²) in [7, 11) is 0. The largest absolute Gasteiger partial charge is 0.480 e. The van der Waals surface area contributed by atoms with E-state index in [0.29, 0.717) is 28.7 Å². The van der Waals surface area contributed by atoms with E-state index in [0.717, 1.165) is 10.5 Å². The molecule has 1 unspecified atom stereocenters. The van der Waals surface area contributed by atoms with Gasteiger partial charge in [0.05, 0.1) is 11.7 Å². The number of hydrogen-bond acceptors (Lipinski definition) is 4. The van der Waals surface area contributed by atoms with Gasteiger partial charge < -0.3 is 16.2 Å². The summed E-state index contributed by atoms with van der Waals surface area (Å²) in [6.45, 7) is 5.14. The predicted octanol–water partition coefficient (Wildman–Crippen LogP) is 4.75. The Morgan fingerprint density at radius 1 is 1.16 bits per heavy atom. The highest BCUT2D eigenvalue weighted by Crippen LogP contribution is 2.25. The number of carboxylic acids is 1. The normalized spacial score (nSPS) is 12.5. The maximum atomic E-state index is 13.1. The summed E-state index contributed by atoms with van der Waals surface area (Å²) in [4.78, 5) is 25.4. The van der Waals surface area contributed by atoms with E-state index in [-0.39, 0.29) is 11.8 Å². The van der Waals surface area contributed by atoms with Crippen LogP contribution in [0.4, 0.5) is 8.78 Å². The number of carbonyl (C=O) groups is 2. The highest BCUT2D eigenvalue weighted by atomic mass is 79.9. The molecule has 0 aliphatic rings. The molecule has 0 bridgehead atoms. The van der Waals surface area contributed by atoms with Crippen molar-refractivity contribution in [3.63, 3.8) is 0 Å². The van der Waals surface area contributed by atoms with Crippen molar-refractivity contribution in [2.75, 3.05) is 0 Å². The summed E-state index contributed by atoms with van der Waals surface area (Å²) in [5.74, 6) is -2.23. The Labute approximate surface area is 196 Å². The second-order valence-electron chi connectivity index (χ2n) is 7.31. The fraction of sp³-hybridized carbons (Fsp3) is 0.381. The Bertz CT molecular complexity index is 893. The molecular formula is C21H25Br2F2N3O3. The molecule has 2 rings (SSSR count). The van der Waals surface area contributed by atoms with Crippen LogP contribution in [0.3, 0.4) is 0 Å². The quantitative estimate of drug-likeness (QED) is 0.421. The molecule has 0 saturated heterocycles. The lowest BCUT2D eigenvalue weighted by molar-refractivity contribution is -0.142. The summed E-state index contributed by atoms with van der Waals surface area (Å²) in [5.41, 5.74) is 7.18. The molecule has 0 aliphatic heterocycles. The van der Waals surface area contributed by atoms with Gasteiger partial charge in [0, 0.05) is 17.5 Å². The number of halogens is 4. The maximum absolute atomic E-state index is 13.1. The van der Waals surface area contributed by atoms with Crippen molar-refractivity contribution in [3.05, 3.63) is 62.3 Å². The third-order valence-electron chi connectivity index (χ3n) is 3.95. The lowest BCUT2D eigenvalue weighted by atomic mass is 10.0. The number of nitrogens with two attached hydrogens (primary N) is 1. The molecule has 4 N–H and O–H groups in total. The number of rotatable bonds is 7. The number of carbonyl (C=O) groups excluding carboxylic acids is 1. The first kappa shape index (κ1) is 27.1. The maximum Gasteiger partial charge on any atom is 0.326 e. The summed E-state index contributed by atoms with van der Waals surface area (Å²) in [6, 6.07) is 5.78. The van der Waals surface area contributed by atoms with Crippen LogP contribution in [0.25, 0.3) is 0 Å². The van der Waals surface area contributed by atoms with Crippen LogP contribution < -0.4 is 11.1 Å². The average molecular weight is 565 g/mol. The standard InChI is InChI=1S/C13H10Br2F2N2.C8H15NO3/c14-10-1-2-12(15)19-13(10)11(18)5-7-3-8(16)6-9(17)4-7;1-5(2)4-7(8(11)12)9-6(3)10/h1-4,6,11H,5,18H2;5,7H,4H2,1-3H3,(H,9,10)(H,11,12)/t;7-/m.1/s1. The van der Waals surface area contributed by atoms with E-state index >= 15 is 0 Å². The van der Waals surface area contributed by atoms with Crippen LogP contribution in [-0.2, 0) is 16.0 Å². The molecule has 31 heavy (non-hydrogen) atoms. The lowest BCUT2D eigenvalue weighted by Crippen LogP contribution is -2.40. The van der Waals surface area contributed by atoms with Crippen LogP contribution in [0.5, 0.6) is 0 Å². The summed E-state index contributed by atoms with van der Waals surface area (Å²) in [5, 5.41) is 11.0. The average Bonchev–Trinajstić information content (AvgIpc) is 2.62. The Morgan fingerprint density at radius 2 is 1.74 bits per heavy atom. The molecule has 10 heteroatoms. The number of aliphatic carboxylic acids is 1. The summed E-state index contributed by atoms with van der Waals surface area (Å²) >= 11 is 6.63. The molecule has 2 atom stereocenters. The highest BCUT2D eigenvalue weighted by Gasteiger charge is 2.19. The van der Waals surface area contributed by atoms with E-state index in [1.54, 1.807) is 6.07 Å². The van der Waals surface area contributed by atoms with E-state index in [1.165, 1.54) is 19.1 Å². The van der Waals surface area contributed by atoms with Crippen molar-refractivity contribution >= 4 is 43.7 Å². The van der Waals surface area contributed by atoms with Crippen LogP contribution in [0.2, 0.25) is 0 Å². The first-order valence-corrected chi connectivity index (χ1v) is 11.0. The zero-order valence-corrected chi connectivity index (χ0v) is 20.5. The molecule has 170 valence electrons. The van der Waals surface area contributed by atoms with Crippen LogP contribution in [0, 0.1) is 17.6 Å². The first-order valence-electron chi connectivity index (χ1n) is 9.41. The van der Waals surface area contributed by atoms with Crippen LogP contribution in [0.15, 0.2) is 39.4 Å². The minimum atomic E-state index is -0.973. The van der Waals surface area contributed by atoms with Gasteiger partial charge in [-0.05, 0) is 80.4 Å². The summed E-state index contributed by atoms with van der Waals surface area (Å²) in [6.07, 6.45) is 0.769. The first-order chi connectivity index (χ1) is 14.4.